The van der Waals surface area contributed by atoms with Crippen molar-refractivity contribution in [1.29, 1.82) is 0 Å². The lowest BCUT2D eigenvalue weighted by atomic mass is 10.2. The zero-order valence-corrected chi connectivity index (χ0v) is 6.56. The van der Waals surface area contributed by atoms with Crippen LogP contribution in [0.1, 0.15) is 5.56 Å². The molecule has 0 amide bonds. The third kappa shape index (κ3) is 2.82. The summed E-state index contributed by atoms with van der Waals surface area (Å²) >= 11 is 0. The molecule has 1 aromatic carbocycles. The summed E-state index contributed by atoms with van der Waals surface area (Å²) in [5, 5.41) is 0. The van der Waals surface area contributed by atoms with E-state index in [-0.39, 0.29) is 11.3 Å². The molecule has 69 valence electrons. The molecule has 1 aromatic rings. The van der Waals surface area contributed by atoms with E-state index in [0.717, 1.165) is 0 Å². The number of hydrogen-bond donors (Lipinski definition) is 0. The largest absolute Gasteiger partial charge is 0.573 e. The maximum atomic E-state index is 11.8. The van der Waals surface area contributed by atoms with Crippen LogP contribution in [0.4, 0.5) is 13.2 Å². The van der Waals surface area contributed by atoms with Gasteiger partial charge in [0.1, 0.15) is 5.75 Å². The highest BCUT2D eigenvalue weighted by Gasteiger charge is 2.31. The quantitative estimate of drug-likeness (QED) is 0.691. The number of halogens is 3. The topological polar surface area (TPSA) is 9.23 Å². The van der Waals surface area contributed by atoms with Gasteiger partial charge < -0.3 is 4.74 Å². The van der Waals surface area contributed by atoms with Crippen molar-refractivity contribution < 1.29 is 17.9 Å². The van der Waals surface area contributed by atoms with Crippen molar-refractivity contribution >= 4 is 0 Å². The first-order valence-corrected chi connectivity index (χ1v) is 3.41. The van der Waals surface area contributed by atoms with Crippen LogP contribution in [-0.2, 0) is 0 Å². The molecule has 13 heavy (non-hydrogen) atoms. The van der Waals surface area contributed by atoms with E-state index in [1.807, 2.05) is 0 Å². The van der Waals surface area contributed by atoms with Gasteiger partial charge in [-0.1, -0.05) is 24.8 Å². The number of alkyl halides is 3. The monoisotopic (exact) mass is 187 g/mol. The standard InChI is InChI=1S/C9H6F3O/c1-2-7-5-3-4-6-8(7)13-9(10,11)12/h3-6H,1H2. The van der Waals surface area contributed by atoms with Gasteiger partial charge in [-0.15, -0.1) is 13.2 Å². The Labute approximate surface area is 73.4 Å². The zero-order valence-electron chi connectivity index (χ0n) is 6.56. The molecule has 0 fully saturated rings. The zero-order chi connectivity index (χ0) is 9.90. The molecule has 0 N–H and O–H groups in total. The van der Waals surface area contributed by atoms with Crippen LogP contribution in [0.2, 0.25) is 0 Å². The summed E-state index contributed by atoms with van der Waals surface area (Å²) < 4.78 is 39.1. The first-order valence-electron chi connectivity index (χ1n) is 3.41. The van der Waals surface area contributed by atoms with Crippen molar-refractivity contribution in [2.45, 2.75) is 6.36 Å². The van der Waals surface area contributed by atoms with Crippen LogP contribution < -0.4 is 4.74 Å². The molecule has 0 spiro atoms. The minimum absolute atomic E-state index is 0.194. The molecule has 1 rings (SSSR count). The third-order valence-electron chi connectivity index (χ3n) is 1.30. The average molecular weight is 187 g/mol. The van der Waals surface area contributed by atoms with Gasteiger partial charge >= 0.3 is 6.36 Å². The van der Waals surface area contributed by atoms with E-state index < -0.39 is 6.36 Å². The molecule has 0 saturated carbocycles. The molecule has 0 heterocycles. The lowest BCUT2D eigenvalue weighted by Gasteiger charge is -2.10. The molecule has 1 nitrogen and oxygen atoms in total. The Morgan fingerprint density at radius 1 is 1.23 bits per heavy atom. The predicted octanol–water partition coefficient (Wildman–Crippen LogP) is 2.92. The second kappa shape index (κ2) is 3.51. The summed E-state index contributed by atoms with van der Waals surface area (Å²) in [6, 6.07) is 5.67. The molecule has 0 bridgehead atoms. The number of ether oxygens (including phenoxy) is 1. The number of benzene rings is 1. The van der Waals surface area contributed by atoms with Crippen LogP contribution in [-0.4, -0.2) is 6.36 Å². The van der Waals surface area contributed by atoms with Crippen LogP contribution in [0, 0.1) is 6.08 Å². The van der Waals surface area contributed by atoms with Gasteiger partial charge in [0.05, 0.1) is 0 Å². The van der Waals surface area contributed by atoms with Crippen molar-refractivity contribution in [2.24, 2.45) is 0 Å². The molecule has 0 unspecified atom stereocenters. The molecule has 0 aliphatic carbocycles. The Morgan fingerprint density at radius 3 is 2.38 bits per heavy atom. The van der Waals surface area contributed by atoms with E-state index in [2.05, 4.69) is 17.4 Å². The smallest absolute Gasteiger partial charge is 0.405 e. The Bertz CT molecular complexity index is 304. The van der Waals surface area contributed by atoms with Crippen LogP contribution in [0.3, 0.4) is 0 Å². The SMILES string of the molecule is C=[C]c1ccccc1OC(F)(F)F. The normalized spacial score (nSPS) is 11.0. The summed E-state index contributed by atoms with van der Waals surface area (Å²) in [5.41, 5.74) is 0.194. The fourth-order valence-electron chi connectivity index (χ4n) is 0.826. The summed E-state index contributed by atoms with van der Waals surface area (Å²) in [6.45, 7) is 3.25. The molecule has 0 atom stereocenters. The highest BCUT2D eigenvalue weighted by atomic mass is 19.4. The van der Waals surface area contributed by atoms with E-state index in [1.54, 1.807) is 6.07 Å². The fourth-order valence-corrected chi connectivity index (χ4v) is 0.826. The molecule has 0 saturated heterocycles. The van der Waals surface area contributed by atoms with E-state index in [9.17, 15) is 13.2 Å². The molecule has 4 heteroatoms. The highest BCUT2D eigenvalue weighted by Crippen LogP contribution is 2.25. The number of hydrogen-bond acceptors (Lipinski definition) is 1. The molecular formula is C9H6F3O. The van der Waals surface area contributed by atoms with E-state index in [0.29, 0.717) is 0 Å². The van der Waals surface area contributed by atoms with Gasteiger partial charge in [-0.2, -0.15) is 0 Å². The third-order valence-corrected chi connectivity index (χ3v) is 1.30. The summed E-state index contributed by atoms with van der Waals surface area (Å²) in [7, 11) is 0. The Hall–Kier alpha value is -1.45. The second-order valence-electron chi connectivity index (χ2n) is 2.22. The molecule has 0 aliphatic rings. The van der Waals surface area contributed by atoms with E-state index in [4.69, 9.17) is 0 Å². The van der Waals surface area contributed by atoms with Gasteiger partial charge in [-0.3, -0.25) is 0 Å². The molecule has 1 radical (unpaired) electrons. The summed E-state index contributed by atoms with van der Waals surface area (Å²) in [4.78, 5) is 0. The lowest BCUT2D eigenvalue weighted by molar-refractivity contribution is -0.274. The first kappa shape index (κ1) is 9.64. The summed E-state index contributed by atoms with van der Waals surface area (Å²) in [5.74, 6) is -0.287. The van der Waals surface area contributed by atoms with Crippen LogP contribution >= 0.6 is 0 Å². The molecular weight excluding hydrogens is 181 g/mol. The predicted molar refractivity (Wildman–Crippen MR) is 41.1 cm³/mol. The maximum Gasteiger partial charge on any atom is 0.573 e. The molecule has 0 aliphatic heterocycles. The van der Waals surface area contributed by atoms with Gasteiger partial charge in [0.25, 0.3) is 0 Å². The van der Waals surface area contributed by atoms with E-state index in [1.165, 1.54) is 18.2 Å². The minimum atomic E-state index is -4.67. The van der Waals surface area contributed by atoms with Gasteiger partial charge in [0, 0.05) is 5.56 Å². The van der Waals surface area contributed by atoms with Crippen molar-refractivity contribution in [3.63, 3.8) is 0 Å². The Balaban J connectivity index is 2.94. The van der Waals surface area contributed by atoms with Gasteiger partial charge in [-0.05, 0) is 12.1 Å². The molecule has 0 aromatic heterocycles. The average Bonchev–Trinajstić information content (AvgIpc) is 2.02. The summed E-state index contributed by atoms with van der Waals surface area (Å²) in [6.07, 6.45) is -2.33. The van der Waals surface area contributed by atoms with Crippen LogP contribution in [0.5, 0.6) is 5.75 Å². The van der Waals surface area contributed by atoms with Crippen molar-refractivity contribution in [1.82, 2.24) is 0 Å². The first-order chi connectivity index (χ1) is 6.03. The Kier molecular flexibility index (Phi) is 2.60. The Morgan fingerprint density at radius 2 is 1.85 bits per heavy atom. The van der Waals surface area contributed by atoms with Gasteiger partial charge in [-0.25, -0.2) is 0 Å². The lowest BCUT2D eigenvalue weighted by Crippen LogP contribution is -2.17. The minimum Gasteiger partial charge on any atom is -0.405 e. The maximum absolute atomic E-state index is 11.8. The number of rotatable bonds is 2. The van der Waals surface area contributed by atoms with Crippen molar-refractivity contribution in [2.75, 3.05) is 0 Å². The second-order valence-corrected chi connectivity index (χ2v) is 2.22. The van der Waals surface area contributed by atoms with Gasteiger partial charge in [0.2, 0.25) is 0 Å². The van der Waals surface area contributed by atoms with Crippen LogP contribution in [0.15, 0.2) is 30.8 Å². The number of para-hydroxylation sites is 1. The van der Waals surface area contributed by atoms with Crippen molar-refractivity contribution in [3.05, 3.63) is 42.5 Å². The van der Waals surface area contributed by atoms with Crippen molar-refractivity contribution in [3.8, 4) is 5.75 Å². The van der Waals surface area contributed by atoms with E-state index >= 15 is 0 Å². The highest BCUT2D eigenvalue weighted by molar-refractivity contribution is 5.37. The van der Waals surface area contributed by atoms with Crippen LogP contribution in [0.25, 0.3) is 0 Å². The fraction of sp³-hybridized carbons (Fsp3) is 0.111. The van der Waals surface area contributed by atoms with Gasteiger partial charge in [0.15, 0.2) is 0 Å².